The fraction of sp³-hybridized carbons (Fsp3) is 0.115. The van der Waals surface area contributed by atoms with Crippen LogP contribution in [0.1, 0.15) is 34.1 Å². The molecule has 1 heterocycles. The molecule has 33 heavy (non-hydrogen) atoms. The highest BCUT2D eigenvalue weighted by Crippen LogP contribution is 2.27. The summed E-state index contributed by atoms with van der Waals surface area (Å²) in [4.78, 5) is 23.8. The predicted molar refractivity (Wildman–Crippen MR) is 133 cm³/mol. The van der Waals surface area contributed by atoms with E-state index >= 15 is 0 Å². The number of benzene rings is 3. The van der Waals surface area contributed by atoms with Gasteiger partial charge in [-0.1, -0.05) is 54.1 Å². The van der Waals surface area contributed by atoms with Crippen LogP contribution in [0.3, 0.4) is 0 Å². The lowest BCUT2D eigenvalue weighted by Crippen LogP contribution is -2.18. The lowest BCUT2D eigenvalue weighted by molar-refractivity contribution is -0.114. The molecule has 6 nitrogen and oxygen atoms in total. The maximum absolute atomic E-state index is 12.5. The summed E-state index contributed by atoms with van der Waals surface area (Å²) in [5.74, 6) is -0.565. The van der Waals surface area contributed by atoms with Gasteiger partial charge in [0, 0.05) is 51.9 Å². The summed E-state index contributed by atoms with van der Waals surface area (Å²) in [5.41, 5.74) is 7.55. The second kappa shape index (κ2) is 9.71. The van der Waals surface area contributed by atoms with Crippen molar-refractivity contribution in [3.8, 4) is 0 Å². The molecular weight excluding hydrogens is 436 g/mol. The Balaban J connectivity index is 1.59. The number of nitrogens with zero attached hydrogens (tertiary/aromatic N) is 2. The number of rotatable bonds is 6. The number of para-hydroxylation sites is 1. The minimum Gasteiger partial charge on any atom is -0.340 e. The van der Waals surface area contributed by atoms with E-state index < -0.39 is 0 Å². The number of carbonyl (C=O) groups is 2. The van der Waals surface area contributed by atoms with Crippen LogP contribution in [0.5, 0.6) is 0 Å². The van der Waals surface area contributed by atoms with Gasteiger partial charge in [-0.3, -0.25) is 9.59 Å². The normalized spacial score (nSPS) is 11.1. The van der Waals surface area contributed by atoms with Crippen LogP contribution in [-0.4, -0.2) is 22.6 Å². The first-order valence-corrected chi connectivity index (χ1v) is 10.8. The van der Waals surface area contributed by atoms with Crippen LogP contribution in [0.15, 0.2) is 77.9 Å². The van der Waals surface area contributed by atoms with Gasteiger partial charge in [0.15, 0.2) is 0 Å². The first-order chi connectivity index (χ1) is 15.9. The summed E-state index contributed by atoms with van der Waals surface area (Å²) in [7, 11) is 0. The average Bonchev–Trinajstić information content (AvgIpc) is 3.06. The molecule has 2 amide bonds. The summed E-state index contributed by atoms with van der Waals surface area (Å²) in [6.45, 7) is 4.07. The third-order valence-corrected chi connectivity index (χ3v) is 5.74. The fourth-order valence-corrected chi connectivity index (χ4v) is 3.98. The van der Waals surface area contributed by atoms with E-state index in [0.717, 1.165) is 32.7 Å². The van der Waals surface area contributed by atoms with Gasteiger partial charge in [0.1, 0.15) is 0 Å². The topological polar surface area (TPSA) is 75.5 Å². The number of aromatic nitrogens is 1. The minimum absolute atomic E-state index is 0.200. The molecule has 166 valence electrons. The first-order valence-electron chi connectivity index (χ1n) is 10.5. The Labute approximate surface area is 196 Å². The maximum atomic E-state index is 12.5. The van der Waals surface area contributed by atoms with Gasteiger partial charge in [-0.15, -0.1) is 0 Å². The zero-order valence-corrected chi connectivity index (χ0v) is 19.1. The van der Waals surface area contributed by atoms with Crippen LogP contribution in [-0.2, 0) is 11.3 Å². The second-order valence-electron chi connectivity index (χ2n) is 7.65. The number of hydrazone groups is 1. The molecule has 0 aliphatic heterocycles. The van der Waals surface area contributed by atoms with E-state index in [1.165, 1.54) is 6.92 Å². The molecule has 0 saturated heterocycles. The molecule has 0 bridgehead atoms. The first kappa shape index (κ1) is 22.3. The number of anilines is 1. The monoisotopic (exact) mass is 458 g/mol. The van der Waals surface area contributed by atoms with Crippen molar-refractivity contribution in [1.29, 1.82) is 0 Å². The van der Waals surface area contributed by atoms with E-state index in [1.54, 1.807) is 30.5 Å². The zero-order valence-electron chi connectivity index (χ0n) is 18.3. The van der Waals surface area contributed by atoms with Crippen LogP contribution in [0.25, 0.3) is 10.9 Å². The van der Waals surface area contributed by atoms with Gasteiger partial charge in [-0.25, -0.2) is 5.43 Å². The van der Waals surface area contributed by atoms with Gasteiger partial charge >= 0.3 is 0 Å². The number of amides is 2. The Morgan fingerprint density at radius 3 is 2.58 bits per heavy atom. The molecule has 4 aromatic rings. The highest BCUT2D eigenvalue weighted by atomic mass is 35.5. The van der Waals surface area contributed by atoms with Gasteiger partial charge in [0.05, 0.1) is 6.21 Å². The van der Waals surface area contributed by atoms with Crippen molar-refractivity contribution in [3.63, 3.8) is 0 Å². The third-order valence-electron chi connectivity index (χ3n) is 5.37. The SMILES string of the molecule is CC(=O)Nc1cccc(C(=O)NN=Cc2c(C)n(Cc3ccccc3Cl)c3ccccc23)c1. The highest BCUT2D eigenvalue weighted by molar-refractivity contribution is 6.31. The summed E-state index contributed by atoms with van der Waals surface area (Å²) in [6.07, 6.45) is 1.66. The zero-order chi connectivity index (χ0) is 23.4. The average molecular weight is 459 g/mol. The highest BCUT2D eigenvalue weighted by Gasteiger charge is 2.14. The quantitative estimate of drug-likeness (QED) is 0.301. The van der Waals surface area contributed by atoms with Crippen molar-refractivity contribution in [1.82, 2.24) is 9.99 Å². The predicted octanol–water partition coefficient (Wildman–Crippen LogP) is 5.37. The smallest absolute Gasteiger partial charge is 0.271 e. The molecule has 1 aromatic heterocycles. The van der Waals surface area contributed by atoms with Crippen LogP contribution in [0.2, 0.25) is 5.02 Å². The van der Waals surface area contributed by atoms with E-state index in [0.29, 0.717) is 17.8 Å². The van der Waals surface area contributed by atoms with Crippen molar-refractivity contribution < 1.29 is 9.59 Å². The van der Waals surface area contributed by atoms with Crippen molar-refractivity contribution in [3.05, 3.63) is 100 Å². The summed E-state index contributed by atoms with van der Waals surface area (Å²) < 4.78 is 2.19. The number of hydrogen-bond donors (Lipinski definition) is 2. The number of halogens is 1. The lowest BCUT2D eigenvalue weighted by atomic mass is 10.1. The van der Waals surface area contributed by atoms with E-state index in [1.807, 2.05) is 49.4 Å². The van der Waals surface area contributed by atoms with E-state index in [-0.39, 0.29) is 11.8 Å². The molecule has 7 heteroatoms. The number of nitrogens with one attached hydrogen (secondary N) is 2. The molecule has 0 unspecified atom stereocenters. The Morgan fingerprint density at radius 2 is 1.79 bits per heavy atom. The molecule has 0 fully saturated rings. The number of carbonyl (C=O) groups excluding carboxylic acids is 2. The van der Waals surface area contributed by atoms with Crippen LogP contribution in [0, 0.1) is 6.92 Å². The molecular formula is C26H23ClN4O2. The minimum atomic E-state index is -0.365. The van der Waals surface area contributed by atoms with E-state index in [4.69, 9.17) is 11.6 Å². The largest absolute Gasteiger partial charge is 0.340 e. The van der Waals surface area contributed by atoms with Crippen molar-refractivity contribution in [2.75, 3.05) is 5.32 Å². The van der Waals surface area contributed by atoms with Gasteiger partial charge in [-0.05, 0) is 42.8 Å². The number of fused-ring (bicyclic) bond motifs is 1. The van der Waals surface area contributed by atoms with Crippen LogP contribution < -0.4 is 10.7 Å². The third kappa shape index (κ3) is 4.96. The second-order valence-corrected chi connectivity index (χ2v) is 8.06. The fourth-order valence-electron chi connectivity index (χ4n) is 3.78. The van der Waals surface area contributed by atoms with Crippen molar-refractivity contribution >= 4 is 46.2 Å². The summed E-state index contributed by atoms with van der Waals surface area (Å²) >= 11 is 6.39. The Bertz CT molecular complexity index is 1370. The molecule has 0 atom stereocenters. The van der Waals surface area contributed by atoms with Gasteiger partial charge in [-0.2, -0.15) is 5.10 Å². The Hall–Kier alpha value is -3.90. The molecule has 4 rings (SSSR count). The van der Waals surface area contributed by atoms with Gasteiger partial charge in [0.2, 0.25) is 5.91 Å². The molecule has 0 aliphatic rings. The molecule has 0 spiro atoms. The Kier molecular flexibility index (Phi) is 6.56. The van der Waals surface area contributed by atoms with Gasteiger partial charge < -0.3 is 9.88 Å². The molecule has 3 aromatic carbocycles. The summed E-state index contributed by atoms with van der Waals surface area (Å²) in [6, 6.07) is 22.5. The van der Waals surface area contributed by atoms with Crippen molar-refractivity contribution in [2.45, 2.75) is 20.4 Å². The van der Waals surface area contributed by atoms with E-state index in [9.17, 15) is 9.59 Å². The Morgan fingerprint density at radius 1 is 1.03 bits per heavy atom. The standard InChI is InChI=1S/C26H23ClN4O2/c1-17-23(15-28-30-26(33)19-9-7-10-21(14-19)29-18(2)32)22-11-4-6-13-25(22)31(17)16-20-8-3-5-12-24(20)27/h3-15H,16H2,1-2H3,(H,29,32)(H,30,33). The molecule has 0 saturated carbocycles. The molecule has 2 N–H and O–H groups in total. The van der Waals surface area contributed by atoms with E-state index in [2.05, 4.69) is 26.5 Å². The van der Waals surface area contributed by atoms with Crippen LogP contribution in [0.4, 0.5) is 5.69 Å². The molecule has 0 radical (unpaired) electrons. The summed E-state index contributed by atoms with van der Waals surface area (Å²) in [5, 5.41) is 8.63. The van der Waals surface area contributed by atoms with Crippen LogP contribution >= 0.6 is 11.6 Å². The maximum Gasteiger partial charge on any atom is 0.271 e. The van der Waals surface area contributed by atoms with Gasteiger partial charge in [0.25, 0.3) is 5.91 Å². The molecule has 0 aliphatic carbocycles. The lowest BCUT2D eigenvalue weighted by Gasteiger charge is -2.10. The van der Waals surface area contributed by atoms with Crippen molar-refractivity contribution in [2.24, 2.45) is 5.10 Å². The number of hydrogen-bond acceptors (Lipinski definition) is 3.